The van der Waals surface area contributed by atoms with E-state index in [2.05, 4.69) is 235 Å². The van der Waals surface area contributed by atoms with E-state index in [0.717, 1.165) is 61.8 Å². The van der Waals surface area contributed by atoms with Crippen molar-refractivity contribution < 1.29 is 9.47 Å². The van der Waals surface area contributed by atoms with Gasteiger partial charge in [0.05, 0.1) is 11.1 Å². The number of benzene rings is 10. The third-order valence-corrected chi connectivity index (χ3v) is 13.4. The number of nitrogens with zero attached hydrogens (tertiary/aromatic N) is 1. The smallest absolute Gasteiger partial charge is 0.194 e. The molecule has 0 radical (unpaired) electrons. The fourth-order valence-electron chi connectivity index (χ4n) is 10.7. The van der Waals surface area contributed by atoms with Crippen molar-refractivity contribution in [1.82, 2.24) is 0 Å². The Morgan fingerprint density at radius 2 is 0.812 bits per heavy atom. The van der Waals surface area contributed by atoms with Crippen molar-refractivity contribution in [2.45, 2.75) is 5.41 Å². The predicted molar refractivity (Wildman–Crippen MR) is 260 cm³/mol. The molecule has 10 aromatic rings. The van der Waals surface area contributed by atoms with Crippen molar-refractivity contribution in [3.8, 4) is 78.6 Å². The summed E-state index contributed by atoms with van der Waals surface area (Å²) < 4.78 is 14.4. The minimum atomic E-state index is -0.502. The molecule has 3 aliphatic rings. The van der Waals surface area contributed by atoms with Crippen LogP contribution in [-0.4, -0.2) is 0 Å². The zero-order valence-electron chi connectivity index (χ0n) is 34.8. The molecule has 0 atom stereocenters. The van der Waals surface area contributed by atoms with Crippen LogP contribution in [0.5, 0.6) is 23.0 Å². The highest BCUT2D eigenvalue weighted by Crippen LogP contribution is 2.67. The topological polar surface area (TPSA) is 21.7 Å². The summed E-state index contributed by atoms with van der Waals surface area (Å²) in [7, 11) is 0. The second-order valence-electron chi connectivity index (χ2n) is 16.7. The Hall–Kier alpha value is -8.40. The van der Waals surface area contributed by atoms with Crippen LogP contribution >= 0.6 is 0 Å². The lowest BCUT2D eigenvalue weighted by molar-refractivity contribution is 0.361. The van der Waals surface area contributed by atoms with E-state index in [0.29, 0.717) is 17.2 Å². The van der Waals surface area contributed by atoms with Crippen LogP contribution in [0.4, 0.5) is 17.1 Å². The molecule has 3 heteroatoms. The molecule has 1 spiro atoms. The van der Waals surface area contributed by atoms with E-state index in [1.807, 2.05) is 6.07 Å². The van der Waals surface area contributed by atoms with Gasteiger partial charge in [0.2, 0.25) is 0 Å². The summed E-state index contributed by atoms with van der Waals surface area (Å²) in [6.07, 6.45) is 0. The fourth-order valence-corrected chi connectivity index (χ4v) is 10.7. The van der Waals surface area contributed by atoms with E-state index in [-0.39, 0.29) is 0 Å². The number of fused-ring (bicyclic) bond motifs is 13. The molecule has 0 saturated carbocycles. The van der Waals surface area contributed by atoms with E-state index < -0.39 is 5.41 Å². The Labute approximate surface area is 372 Å². The minimum Gasteiger partial charge on any atom is -0.449 e. The van der Waals surface area contributed by atoms with Gasteiger partial charge in [-0.3, -0.25) is 0 Å². The summed E-state index contributed by atoms with van der Waals surface area (Å²) in [6.45, 7) is 0. The average Bonchev–Trinajstić information content (AvgIpc) is 3.85. The van der Waals surface area contributed by atoms with E-state index in [9.17, 15) is 0 Å². The first-order valence-corrected chi connectivity index (χ1v) is 21.9. The summed E-state index contributed by atoms with van der Waals surface area (Å²) >= 11 is 0. The van der Waals surface area contributed by atoms with Crippen LogP contribution in [0.3, 0.4) is 0 Å². The average molecular weight is 818 g/mol. The molecule has 0 aromatic heterocycles. The zero-order chi connectivity index (χ0) is 42.2. The van der Waals surface area contributed by atoms with Crippen molar-refractivity contribution >= 4 is 17.1 Å². The van der Waals surface area contributed by atoms with Gasteiger partial charge in [-0.2, -0.15) is 0 Å². The molecule has 3 nitrogen and oxygen atoms in total. The minimum absolute atomic E-state index is 0.502. The first kappa shape index (κ1) is 36.3. The molecule has 0 unspecified atom stereocenters. The van der Waals surface area contributed by atoms with Crippen molar-refractivity contribution in [2.24, 2.45) is 0 Å². The van der Waals surface area contributed by atoms with Gasteiger partial charge >= 0.3 is 0 Å². The molecule has 1 heterocycles. The lowest BCUT2D eigenvalue weighted by atomic mass is 9.70. The van der Waals surface area contributed by atoms with Crippen LogP contribution in [0.25, 0.3) is 55.6 Å². The largest absolute Gasteiger partial charge is 0.449 e. The van der Waals surface area contributed by atoms with Crippen LogP contribution in [0, 0.1) is 0 Å². The van der Waals surface area contributed by atoms with Gasteiger partial charge in [0.15, 0.2) is 23.0 Å². The maximum atomic E-state index is 7.45. The van der Waals surface area contributed by atoms with E-state index in [1.165, 1.54) is 38.9 Å². The standard InChI is InChI=1S/C61H39NO2/c1-4-17-40(18-5-1)41-31-33-44(34-32-41)62(45-35-36-46(42-19-6-2-7-20-42)50(39-45)43-21-8-3-9-22-43)55-29-16-30-56-59(55)64-60-57(63-56)38-37-54-58(60)49-25-12-15-28-53(49)61(54)51-26-13-10-23-47(51)48-24-11-14-27-52(48)61/h1-39H. The molecule has 10 aromatic carbocycles. The lowest BCUT2D eigenvalue weighted by Gasteiger charge is -2.32. The number of hydrogen-bond donors (Lipinski definition) is 0. The molecule has 0 N–H and O–H groups in total. The van der Waals surface area contributed by atoms with Crippen LogP contribution in [0.2, 0.25) is 0 Å². The van der Waals surface area contributed by atoms with Gasteiger partial charge in [-0.25, -0.2) is 0 Å². The van der Waals surface area contributed by atoms with Crippen LogP contribution in [0.15, 0.2) is 237 Å². The second-order valence-corrected chi connectivity index (χ2v) is 16.7. The summed E-state index contributed by atoms with van der Waals surface area (Å²) in [5.74, 6) is 2.76. The number of anilines is 3. The van der Waals surface area contributed by atoms with Crippen molar-refractivity contribution in [2.75, 3.05) is 4.90 Å². The van der Waals surface area contributed by atoms with Gasteiger partial charge in [-0.1, -0.05) is 194 Å². The Balaban J connectivity index is 1.01. The molecule has 300 valence electrons. The second kappa shape index (κ2) is 14.3. The van der Waals surface area contributed by atoms with Gasteiger partial charge in [0, 0.05) is 16.9 Å². The maximum absolute atomic E-state index is 7.45. The highest BCUT2D eigenvalue weighted by atomic mass is 16.6. The van der Waals surface area contributed by atoms with Gasteiger partial charge in [0.1, 0.15) is 0 Å². The van der Waals surface area contributed by atoms with Gasteiger partial charge in [-0.05, 0) is 115 Å². The highest BCUT2D eigenvalue weighted by molar-refractivity contribution is 5.98. The highest BCUT2D eigenvalue weighted by Gasteiger charge is 2.53. The number of hydrogen-bond acceptors (Lipinski definition) is 3. The van der Waals surface area contributed by atoms with Crippen LogP contribution in [0.1, 0.15) is 22.3 Å². The number of para-hydroxylation sites is 1. The van der Waals surface area contributed by atoms with Crippen molar-refractivity contribution in [1.29, 1.82) is 0 Å². The van der Waals surface area contributed by atoms with Gasteiger partial charge < -0.3 is 14.4 Å². The third-order valence-electron chi connectivity index (χ3n) is 13.4. The molecule has 0 fully saturated rings. The van der Waals surface area contributed by atoms with E-state index in [4.69, 9.17) is 9.47 Å². The summed E-state index contributed by atoms with van der Waals surface area (Å²) in [6, 6.07) is 84.7. The first-order chi connectivity index (χ1) is 31.8. The van der Waals surface area contributed by atoms with Crippen LogP contribution < -0.4 is 14.4 Å². The lowest BCUT2D eigenvalue weighted by Crippen LogP contribution is -2.25. The summed E-state index contributed by atoms with van der Waals surface area (Å²) in [5, 5.41) is 0. The molecule has 1 aliphatic heterocycles. The van der Waals surface area contributed by atoms with Crippen LogP contribution in [-0.2, 0) is 5.41 Å². The number of rotatable bonds is 6. The molecule has 0 amide bonds. The quantitative estimate of drug-likeness (QED) is 0.167. The normalized spacial score (nSPS) is 13.1. The first-order valence-electron chi connectivity index (χ1n) is 21.9. The molecule has 0 saturated heterocycles. The van der Waals surface area contributed by atoms with Crippen molar-refractivity contribution in [3.63, 3.8) is 0 Å². The summed E-state index contributed by atoms with van der Waals surface area (Å²) in [5.41, 5.74) is 19.1. The molecular weight excluding hydrogens is 779 g/mol. The molecular formula is C61H39NO2. The van der Waals surface area contributed by atoms with Crippen molar-refractivity contribution in [3.05, 3.63) is 259 Å². The molecule has 2 aliphatic carbocycles. The Bertz CT molecular complexity index is 3390. The van der Waals surface area contributed by atoms with E-state index >= 15 is 0 Å². The van der Waals surface area contributed by atoms with Gasteiger partial charge in [0.25, 0.3) is 0 Å². The van der Waals surface area contributed by atoms with E-state index in [1.54, 1.807) is 0 Å². The monoisotopic (exact) mass is 817 g/mol. The Morgan fingerprint density at radius 3 is 1.47 bits per heavy atom. The Kier molecular flexibility index (Phi) is 8.13. The Morgan fingerprint density at radius 1 is 0.297 bits per heavy atom. The molecule has 64 heavy (non-hydrogen) atoms. The predicted octanol–water partition coefficient (Wildman–Crippen LogP) is 16.4. The SMILES string of the molecule is c1ccc(-c2ccc(N(c3ccc(-c4ccccc4)c(-c4ccccc4)c3)c3cccc4c3Oc3c(ccc5c3-c3ccccc3C53c5ccccc5-c5ccccc53)O4)cc2)cc1. The zero-order valence-corrected chi connectivity index (χ0v) is 34.8. The number of ether oxygens (including phenoxy) is 2. The third kappa shape index (κ3) is 5.34. The summed E-state index contributed by atoms with van der Waals surface area (Å²) in [4.78, 5) is 2.31. The molecule has 0 bridgehead atoms. The maximum Gasteiger partial charge on any atom is 0.194 e. The van der Waals surface area contributed by atoms with Gasteiger partial charge in [-0.15, -0.1) is 0 Å². The fraction of sp³-hybridized carbons (Fsp3) is 0.0164. The molecule has 13 rings (SSSR count).